The largest absolute Gasteiger partial charge is 0.440 e. The van der Waals surface area contributed by atoms with Crippen LogP contribution in [-0.2, 0) is 16.6 Å². The minimum Gasteiger partial charge on any atom is -0.440 e. The van der Waals surface area contributed by atoms with E-state index in [1.807, 2.05) is 30.3 Å². The molecule has 1 atom stereocenters. The molecule has 0 unspecified atom stereocenters. The van der Waals surface area contributed by atoms with Crippen molar-refractivity contribution in [3.05, 3.63) is 53.9 Å². The van der Waals surface area contributed by atoms with Gasteiger partial charge in [-0.3, -0.25) is 4.79 Å². The van der Waals surface area contributed by atoms with Crippen molar-refractivity contribution in [3.8, 4) is 0 Å². The number of amides is 1. The third kappa shape index (κ3) is 3.16. The van der Waals surface area contributed by atoms with Gasteiger partial charge in [0, 0.05) is 16.0 Å². The lowest BCUT2D eigenvalue weighted by molar-refractivity contribution is -0.115. The fourth-order valence-corrected chi connectivity index (χ4v) is 4.07. The first kappa shape index (κ1) is 16.2. The minimum absolute atomic E-state index is 0.0279. The maximum absolute atomic E-state index is 12.6. The molecule has 128 valence electrons. The van der Waals surface area contributed by atoms with E-state index in [4.69, 9.17) is 4.42 Å². The van der Waals surface area contributed by atoms with Crippen LogP contribution in [0.5, 0.6) is 0 Å². The molecule has 1 aliphatic rings. The molecule has 2 aromatic carbocycles. The molecule has 3 aromatic rings. The molecule has 5 heteroatoms. The second-order valence-corrected chi connectivity index (χ2v) is 8.60. The number of carbonyl (C=O) groups is 1. The van der Waals surface area contributed by atoms with Crippen molar-refractivity contribution in [1.82, 2.24) is 4.98 Å². The Morgan fingerprint density at radius 2 is 2.04 bits per heavy atom. The number of anilines is 1. The fourth-order valence-electron chi connectivity index (χ4n) is 2.88. The third-order valence-electron chi connectivity index (χ3n) is 4.24. The van der Waals surface area contributed by atoms with Crippen molar-refractivity contribution in [1.29, 1.82) is 0 Å². The summed E-state index contributed by atoms with van der Waals surface area (Å²) in [6, 6.07) is 13.8. The zero-order chi connectivity index (χ0) is 17.6. The van der Waals surface area contributed by atoms with Gasteiger partial charge in [0.1, 0.15) is 5.52 Å². The van der Waals surface area contributed by atoms with Gasteiger partial charge < -0.3 is 9.73 Å². The van der Waals surface area contributed by atoms with Crippen LogP contribution in [0.25, 0.3) is 11.1 Å². The molecular formula is C20H20N2O2S. The van der Waals surface area contributed by atoms with Crippen molar-refractivity contribution in [3.63, 3.8) is 0 Å². The first-order chi connectivity index (χ1) is 11.9. The third-order valence-corrected chi connectivity index (χ3v) is 5.55. The molecule has 0 fully saturated rings. The number of hydrogen-bond donors (Lipinski definition) is 1. The molecule has 0 bridgehead atoms. The highest BCUT2D eigenvalue weighted by Crippen LogP contribution is 2.37. The van der Waals surface area contributed by atoms with Gasteiger partial charge in [0.05, 0.1) is 5.25 Å². The Kier molecular flexibility index (Phi) is 3.84. The van der Waals surface area contributed by atoms with Crippen LogP contribution in [0.4, 0.5) is 5.69 Å². The van der Waals surface area contributed by atoms with Gasteiger partial charge >= 0.3 is 0 Å². The van der Waals surface area contributed by atoms with Crippen molar-refractivity contribution >= 4 is 34.5 Å². The summed E-state index contributed by atoms with van der Waals surface area (Å²) in [7, 11) is 0. The molecule has 1 amide bonds. The molecule has 0 spiro atoms. The zero-order valence-electron chi connectivity index (χ0n) is 14.5. The Labute approximate surface area is 151 Å². The molecule has 1 aliphatic heterocycles. The van der Waals surface area contributed by atoms with E-state index in [2.05, 4.69) is 43.2 Å². The number of carbonyl (C=O) groups excluding carboxylic acids is 1. The van der Waals surface area contributed by atoms with Crippen molar-refractivity contribution < 1.29 is 9.21 Å². The molecule has 25 heavy (non-hydrogen) atoms. The quantitative estimate of drug-likeness (QED) is 0.721. The number of oxazole rings is 1. The SMILES string of the molecule is CC(C)(C)c1nc2cc(NC(=O)[C@@H]3Cc4ccccc4S3)ccc2o1. The minimum atomic E-state index is -0.144. The smallest absolute Gasteiger partial charge is 0.238 e. The van der Waals surface area contributed by atoms with E-state index in [0.717, 1.165) is 23.2 Å². The number of hydrogen-bond acceptors (Lipinski definition) is 4. The van der Waals surface area contributed by atoms with Gasteiger partial charge in [0.2, 0.25) is 11.8 Å². The van der Waals surface area contributed by atoms with Gasteiger partial charge in [-0.1, -0.05) is 39.0 Å². The summed E-state index contributed by atoms with van der Waals surface area (Å²) in [6.07, 6.45) is 0.771. The van der Waals surface area contributed by atoms with E-state index in [0.29, 0.717) is 5.89 Å². The monoisotopic (exact) mass is 352 g/mol. The topological polar surface area (TPSA) is 55.1 Å². The molecule has 4 nitrogen and oxygen atoms in total. The lowest BCUT2D eigenvalue weighted by Crippen LogP contribution is -2.24. The van der Waals surface area contributed by atoms with Crippen LogP contribution < -0.4 is 5.32 Å². The Balaban J connectivity index is 1.52. The maximum Gasteiger partial charge on any atom is 0.238 e. The second-order valence-electron chi connectivity index (χ2n) is 7.36. The number of fused-ring (bicyclic) bond motifs is 2. The molecule has 0 aliphatic carbocycles. The Morgan fingerprint density at radius 1 is 1.24 bits per heavy atom. The van der Waals surface area contributed by atoms with E-state index >= 15 is 0 Å². The predicted octanol–water partition coefficient (Wildman–Crippen LogP) is 4.78. The summed E-state index contributed by atoms with van der Waals surface area (Å²) in [5.74, 6) is 0.730. The summed E-state index contributed by atoms with van der Waals surface area (Å²) < 4.78 is 5.81. The normalized spacial score (nSPS) is 16.8. The fraction of sp³-hybridized carbons (Fsp3) is 0.300. The Bertz CT molecular complexity index is 931. The average Bonchev–Trinajstić information content (AvgIpc) is 3.18. The van der Waals surface area contributed by atoms with E-state index in [1.54, 1.807) is 11.8 Å². The van der Waals surface area contributed by atoms with Crippen LogP contribution in [0.2, 0.25) is 0 Å². The number of nitrogens with one attached hydrogen (secondary N) is 1. The first-order valence-electron chi connectivity index (χ1n) is 8.37. The van der Waals surface area contributed by atoms with Crippen LogP contribution >= 0.6 is 11.8 Å². The molecule has 0 radical (unpaired) electrons. The highest BCUT2D eigenvalue weighted by molar-refractivity contribution is 8.01. The Morgan fingerprint density at radius 3 is 2.80 bits per heavy atom. The van der Waals surface area contributed by atoms with E-state index in [-0.39, 0.29) is 16.6 Å². The molecule has 2 heterocycles. The lowest BCUT2D eigenvalue weighted by atomic mass is 9.97. The number of thioether (sulfide) groups is 1. The predicted molar refractivity (Wildman–Crippen MR) is 101 cm³/mol. The summed E-state index contributed by atoms with van der Waals surface area (Å²) in [6.45, 7) is 6.19. The van der Waals surface area contributed by atoms with Crippen LogP contribution in [-0.4, -0.2) is 16.1 Å². The molecule has 1 aromatic heterocycles. The van der Waals surface area contributed by atoms with Gasteiger partial charge in [-0.05, 0) is 36.2 Å². The summed E-state index contributed by atoms with van der Waals surface area (Å²) in [5.41, 5.74) is 3.36. The van der Waals surface area contributed by atoms with Crippen molar-refractivity contribution in [2.75, 3.05) is 5.32 Å². The molecule has 1 N–H and O–H groups in total. The lowest BCUT2D eigenvalue weighted by Gasteiger charge is -2.11. The zero-order valence-corrected chi connectivity index (χ0v) is 15.3. The van der Waals surface area contributed by atoms with Gasteiger partial charge in [-0.15, -0.1) is 11.8 Å². The number of rotatable bonds is 2. The van der Waals surface area contributed by atoms with E-state index in [9.17, 15) is 4.79 Å². The summed E-state index contributed by atoms with van der Waals surface area (Å²) in [5, 5.41) is 2.93. The molecule has 0 saturated heterocycles. The maximum atomic E-state index is 12.6. The van der Waals surface area contributed by atoms with E-state index in [1.165, 1.54) is 10.5 Å². The van der Waals surface area contributed by atoms with Crippen LogP contribution in [0.1, 0.15) is 32.2 Å². The van der Waals surface area contributed by atoms with Gasteiger partial charge in [-0.25, -0.2) is 4.98 Å². The van der Waals surface area contributed by atoms with E-state index < -0.39 is 0 Å². The molecule has 4 rings (SSSR count). The standard InChI is InChI=1S/C20H20N2O2S/c1-20(2,3)19-22-14-11-13(8-9-15(14)24-19)21-18(23)17-10-12-6-4-5-7-16(12)25-17/h4-9,11,17H,10H2,1-3H3,(H,21,23)/t17-/m0/s1. The second kappa shape index (κ2) is 5.92. The van der Waals surface area contributed by atoms with Crippen LogP contribution in [0.15, 0.2) is 51.8 Å². The average molecular weight is 352 g/mol. The van der Waals surface area contributed by atoms with Crippen molar-refractivity contribution in [2.24, 2.45) is 0 Å². The van der Waals surface area contributed by atoms with Crippen LogP contribution in [0, 0.1) is 0 Å². The molecule has 0 saturated carbocycles. The van der Waals surface area contributed by atoms with Gasteiger partial charge in [0.15, 0.2) is 5.58 Å². The first-order valence-corrected chi connectivity index (χ1v) is 9.24. The summed E-state index contributed by atoms with van der Waals surface area (Å²) >= 11 is 1.63. The number of nitrogens with zero attached hydrogens (tertiary/aromatic N) is 1. The van der Waals surface area contributed by atoms with Gasteiger partial charge in [-0.2, -0.15) is 0 Å². The number of benzene rings is 2. The van der Waals surface area contributed by atoms with Gasteiger partial charge in [0.25, 0.3) is 0 Å². The number of aromatic nitrogens is 1. The van der Waals surface area contributed by atoms with Crippen LogP contribution in [0.3, 0.4) is 0 Å². The van der Waals surface area contributed by atoms with Crippen molar-refractivity contribution in [2.45, 2.75) is 42.8 Å². The highest BCUT2D eigenvalue weighted by atomic mass is 32.2. The molecular weight excluding hydrogens is 332 g/mol. The Hall–Kier alpha value is -2.27. The summed E-state index contributed by atoms with van der Waals surface area (Å²) in [4.78, 5) is 18.4. The highest BCUT2D eigenvalue weighted by Gasteiger charge is 2.28.